The molecule has 26 heavy (non-hydrogen) atoms. The topological polar surface area (TPSA) is 61.4 Å². The quantitative estimate of drug-likeness (QED) is 0.839. The summed E-state index contributed by atoms with van der Waals surface area (Å²) in [5.74, 6) is 0.578. The lowest BCUT2D eigenvalue weighted by molar-refractivity contribution is 0.0739. The van der Waals surface area contributed by atoms with Gasteiger partial charge in [-0.2, -0.15) is 0 Å². The van der Waals surface area contributed by atoms with Gasteiger partial charge in [-0.1, -0.05) is 18.2 Å². The molecule has 1 aromatic carbocycles. The number of amides is 1. The number of hydrogen-bond acceptors (Lipinski definition) is 5. The van der Waals surface area contributed by atoms with Crippen molar-refractivity contribution in [3.8, 4) is 0 Å². The van der Waals surface area contributed by atoms with Crippen LogP contribution in [0.5, 0.6) is 0 Å². The fraction of sp³-hybridized carbons (Fsp3) is 0.350. The molecule has 1 amide bonds. The first kappa shape index (κ1) is 17.9. The van der Waals surface area contributed by atoms with E-state index in [2.05, 4.69) is 59.0 Å². The summed E-state index contributed by atoms with van der Waals surface area (Å²) in [6.07, 6.45) is 1.75. The van der Waals surface area contributed by atoms with Crippen LogP contribution < -0.4 is 10.2 Å². The molecule has 1 N–H and O–H groups in total. The molecule has 0 unspecified atom stereocenters. The number of aryl methyl sites for hydroxylation is 1. The van der Waals surface area contributed by atoms with Crippen molar-refractivity contribution in [1.29, 1.82) is 0 Å². The predicted molar refractivity (Wildman–Crippen MR) is 105 cm³/mol. The van der Waals surface area contributed by atoms with Crippen LogP contribution >= 0.6 is 0 Å². The van der Waals surface area contributed by atoms with Gasteiger partial charge in [-0.05, 0) is 43.2 Å². The summed E-state index contributed by atoms with van der Waals surface area (Å²) in [5.41, 5.74) is 4.24. The van der Waals surface area contributed by atoms with E-state index < -0.39 is 0 Å². The average molecular weight is 351 g/mol. The second-order valence-electron chi connectivity index (χ2n) is 6.47. The largest absolute Gasteiger partial charge is 0.368 e. The van der Waals surface area contributed by atoms with E-state index in [1.807, 2.05) is 4.90 Å². The molecule has 1 aromatic heterocycles. The van der Waals surface area contributed by atoms with Crippen molar-refractivity contribution < 1.29 is 4.79 Å². The lowest BCUT2D eigenvalue weighted by Crippen LogP contribution is -2.49. The third kappa shape index (κ3) is 3.85. The molecule has 6 heteroatoms. The molecule has 3 rings (SSSR count). The lowest BCUT2D eigenvalue weighted by atomic mass is 10.1. The molecule has 2 aromatic rings. The molecule has 1 aliphatic rings. The number of rotatable bonds is 5. The minimum absolute atomic E-state index is 0.0617. The fourth-order valence-electron chi connectivity index (χ4n) is 3.11. The zero-order valence-electron chi connectivity index (χ0n) is 15.4. The molecule has 0 saturated carbocycles. The van der Waals surface area contributed by atoms with Gasteiger partial charge in [0, 0.05) is 38.4 Å². The van der Waals surface area contributed by atoms with Gasteiger partial charge < -0.3 is 15.1 Å². The molecule has 0 radical (unpaired) electrons. The van der Waals surface area contributed by atoms with Gasteiger partial charge in [0.2, 0.25) is 0 Å². The average Bonchev–Trinajstić information content (AvgIpc) is 2.68. The number of carbonyl (C=O) groups excluding carboxylic acids is 1. The highest BCUT2D eigenvalue weighted by atomic mass is 16.2. The van der Waals surface area contributed by atoms with E-state index in [4.69, 9.17) is 0 Å². The number of anilines is 2. The predicted octanol–water partition coefficient (Wildman–Crippen LogP) is 2.65. The summed E-state index contributed by atoms with van der Waals surface area (Å²) in [5, 5.41) is 11.2. The van der Waals surface area contributed by atoms with Crippen LogP contribution in [0.3, 0.4) is 0 Å². The number of benzene rings is 1. The van der Waals surface area contributed by atoms with E-state index in [0.717, 1.165) is 13.1 Å². The van der Waals surface area contributed by atoms with Crippen molar-refractivity contribution in [3.63, 3.8) is 0 Å². The smallest absolute Gasteiger partial charge is 0.274 e. The summed E-state index contributed by atoms with van der Waals surface area (Å²) in [6.45, 7) is 11.6. The molecule has 0 spiro atoms. The number of piperazine rings is 1. The van der Waals surface area contributed by atoms with Crippen molar-refractivity contribution in [2.24, 2.45) is 0 Å². The maximum absolute atomic E-state index is 12.7. The Labute approximate surface area is 154 Å². The molecule has 0 bridgehead atoms. The summed E-state index contributed by atoms with van der Waals surface area (Å²) in [7, 11) is 0. The van der Waals surface area contributed by atoms with Crippen molar-refractivity contribution in [2.45, 2.75) is 13.8 Å². The summed E-state index contributed by atoms with van der Waals surface area (Å²) in [4.78, 5) is 16.9. The second kappa shape index (κ2) is 7.99. The second-order valence-corrected chi connectivity index (χ2v) is 6.47. The zero-order chi connectivity index (χ0) is 18.5. The Morgan fingerprint density at radius 2 is 1.92 bits per heavy atom. The highest BCUT2D eigenvalue weighted by Crippen LogP contribution is 2.24. The Bertz CT molecular complexity index is 779. The summed E-state index contributed by atoms with van der Waals surface area (Å²) >= 11 is 0. The molecule has 2 heterocycles. The van der Waals surface area contributed by atoms with E-state index in [1.54, 1.807) is 18.2 Å². The number of hydrogen-bond donors (Lipinski definition) is 1. The number of carbonyl (C=O) groups is 1. The monoisotopic (exact) mass is 351 g/mol. The molecule has 1 aliphatic heterocycles. The van der Waals surface area contributed by atoms with Gasteiger partial charge in [-0.25, -0.2) is 0 Å². The van der Waals surface area contributed by atoms with Crippen LogP contribution in [0.2, 0.25) is 0 Å². The van der Waals surface area contributed by atoms with Crippen molar-refractivity contribution in [1.82, 2.24) is 15.1 Å². The van der Waals surface area contributed by atoms with Gasteiger partial charge in [0.05, 0.1) is 0 Å². The van der Waals surface area contributed by atoms with Crippen molar-refractivity contribution in [3.05, 3.63) is 59.8 Å². The summed E-state index contributed by atoms with van der Waals surface area (Å²) < 4.78 is 0. The lowest BCUT2D eigenvalue weighted by Gasteiger charge is -2.36. The van der Waals surface area contributed by atoms with E-state index in [-0.39, 0.29) is 5.91 Å². The van der Waals surface area contributed by atoms with Crippen LogP contribution in [-0.4, -0.2) is 53.7 Å². The fourth-order valence-corrected chi connectivity index (χ4v) is 3.11. The third-order valence-electron chi connectivity index (χ3n) is 4.79. The van der Waals surface area contributed by atoms with Crippen LogP contribution in [0.25, 0.3) is 0 Å². The first-order chi connectivity index (χ1) is 12.6. The molecule has 1 fully saturated rings. The minimum atomic E-state index is -0.0617. The van der Waals surface area contributed by atoms with Gasteiger partial charge >= 0.3 is 0 Å². The van der Waals surface area contributed by atoms with Crippen LogP contribution in [0.1, 0.15) is 21.6 Å². The van der Waals surface area contributed by atoms with Gasteiger partial charge in [0.15, 0.2) is 5.69 Å². The molecular weight excluding hydrogens is 326 g/mol. The molecule has 1 saturated heterocycles. The molecular formula is C20H25N5O. The van der Waals surface area contributed by atoms with Crippen LogP contribution in [0, 0.1) is 13.8 Å². The number of aromatic nitrogens is 2. The van der Waals surface area contributed by atoms with Gasteiger partial charge in [-0.15, -0.1) is 16.8 Å². The van der Waals surface area contributed by atoms with Crippen LogP contribution in [-0.2, 0) is 0 Å². The van der Waals surface area contributed by atoms with Crippen molar-refractivity contribution >= 4 is 17.4 Å². The Balaban J connectivity index is 1.61. The van der Waals surface area contributed by atoms with Crippen LogP contribution in [0.15, 0.2) is 43.0 Å². The third-order valence-corrected chi connectivity index (χ3v) is 4.79. The molecule has 136 valence electrons. The Morgan fingerprint density at radius 1 is 1.15 bits per heavy atom. The molecule has 0 aliphatic carbocycles. The standard InChI is InChI=1S/C20H25N5O/c1-4-10-21-19-9-8-17(22-23-19)20(26)25-13-11-24(12-14-25)18-7-5-6-15(2)16(18)3/h4-9H,1,10-14H2,2-3H3,(H,21,23). The minimum Gasteiger partial charge on any atom is -0.368 e. The van der Waals surface area contributed by atoms with Crippen molar-refractivity contribution in [2.75, 3.05) is 42.9 Å². The number of nitrogens with one attached hydrogen (secondary N) is 1. The highest BCUT2D eigenvalue weighted by molar-refractivity contribution is 5.92. The maximum atomic E-state index is 12.7. The van der Waals surface area contributed by atoms with E-state index >= 15 is 0 Å². The Morgan fingerprint density at radius 3 is 2.58 bits per heavy atom. The van der Waals surface area contributed by atoms with E-state index in [0.29, 0.717) is 31.1 Å². The maximum Gasteiger partial charge on any atom is 0.274 e. The Kier molecular flexibility index (Phi) is 5.51. The van der Waals surface area contributed by atoms with E-state index in [9.17, 15) is 4.79 Å². The Hall–Kier alpha value is -2.89. The molecule has 6 nitrogen and oxygen atoms in total. The molecule has 0 atom stereocenters. The van der Waals surface area contributed by atoms with Gasteiger partial charge in [-0.3, -0.25) is 4.79 Å². The van der Waals surface area contributed by atoms with Crippen LogP contribution in [0.4, 0.5) is 11.5 Å². The SMILES string of the molecule is C=CCNc1ccc(C(=O)N2CCN(c3cccc(C)c3C)CC2)nn1. The summed E-state index contributed by atoms with van der Waals surface area (Å²) in [6, 6.07) is 9.87. The number of nitrogens with zero attached hydrogens (tertiary/aromatic N) is 4. The first-order valence-electron chi connectivity index (χ1n) is 8.89. The highest BCUT2D eigenvalue weighted by Gasteiger charge is 2.24. The van der Waals surface area contributed by atoms with Gasteiger partial charge in [0.25, 0.3) is 5.91 Å². The first-order valence-corrected chi connectivity index (χ1v) is 8.89. The van der Waals surface area contributed by atoms with E-state index in [1.165, 1.54) is 16.8 Å². The zero-order valence-corrected chi connectivity index (χ0v) is 15.4. The normalized spacial score (nSPS) is 14.2. The van der Waals surface area contributed by atoms with Gasteiger partial charge in [0.1, 0.15) is 5.82 Å².